The number of carbonyl (C=O) groups excluding carboxylic acids is 2. The van der Waals surface area contributed by atoms with Gasteiger partial charge in [-0.25, -0.2) is 0 Å². The Morgan fingerprint density at radius 3 is 2.54 bits per heavy atom. The van der Waals surface area contributed by atoms with Crippen LogP contribution in [0.1, 0.15) is 0 Å². The van der Waals surface area contributed by atoms with Crippen molar-refractivity contribution in [3.63, 3.8) is 0 Å². The van der Waals surface area contributed by atoms with Gasteiger partial charge >= 0.3 is 0 Å². The molecule has 11 nitrogen and oxygen atoms in total. The fourth-order valence-corrected chi connectivity index (χ4v) is 4.75. The van der Waals surface area contributed by atoms with E-state index >= 15 is 0 Å². The third-order valence-corrected chi connectivity index (χ3v) is 6.71. The number of benzene rings is 2. The van der Waals surface area contributed by atoms with E-state index in [-0.39, 0.29) is 24.2 Å². The van der Waals surface area contributed by atoms with Crippen LogP contribution in [0.15, 0.2) is 53.7 Å². The van der Waals surface area contributed by atoms with Crippen molar-refractivity contribution < 1.29 is 23.8 Å². The molecule has 2 amide bonds. The number of hydrogen-bond acceptors (Lipinski definition) is 9. The van der Waals surface area contributed by atoms with Crippen molar-refractivity contribution in [1.29, 1.82) is 0 Å². The van der Waals surface area contributed by atoms with Crippen LogP contribution < -0.4 is 14.2 Å². The second-order valence-corrected chi connectivity index (χ2v) is 8.85. The molecule has 3 heterocycles. The summed E-state index contributed by atoms with van der Waals surface area (Å²) in [5, 5.41) is 12.3. The Morgan fingerprint density at radius 2 is 1.74 bits per heavy atom. The van der Waals surface area contributed by atoms with E-state index in [1.165, 1.54) is 11.8 Å². The van der Waals surface area contributed by atoms with Crippen LogP contribution in [-0.4, -0.2) is 93.6 Å². The molecule has 3 aromatic rings. The molecule has 2 aliphatic heterocycles. The van der Waals surface area contributed by atoms with Crippen LogP contribution in [0, 0.1) is 0 Å². The number of hydrogen-bond donors (Lipinski definition) is 0. The Kier molecular flexibility index (Phi) is 6.70. The Hall–Kier alpha value is -3.80. The molecule has 2 aliphatic rings. The maximum absolute atomic E-state index is 12.9. The fourth-order valence-electron chi connectivity index (χ4n) is 3.96. The number of aromatic nitrogens is 4. The van der Waals surface area contributed by atoms with Gasteiger partial charge < -0.3 is 24.0 Å². The first-order valence-electron chi connectivity index (χ1n) is 11.1. The highest BCUT2D eigenvalue weighted by molar-refractivity contribution is 7.99. The third kappa shape index (κ3) is 4.87. The van der Waals surface area contributed by atoms with Crippen LogP contribution in [0.2, 0.25) is 0 Å². The summed E-state index contributed by atoms with van der Waals surface area (Å²) in [6, 6.07) is 14.7. The number of piperazine rings is 1. The Balaban J connectivity index is 1.13. The number of nitrogens with zero attached hydrogens (tertiary/aromatic N) is 6. The van der Waals surface area contributed by atoms with Crippen LogP contribution in [-0.2, 0) is 9.59 Å². The predicted molar refractivity (Wildman–Crippen MR) is 126 cm³/mol. The normalized spacial score (nSPS) is 17.2. The van der Waals surface area contributed by atoms with Crippen LogP contribution in [0.3, 0.4) is 0 Å². The second kappa shape index (κ2) is 10.2. The number of fused-ring (bicyclic) bond motifs is 1. The topological polar surface area (TPSA) is 112 Å². The first-order valence-corrected chi connectivity index (χ1v) is 12.1. The smallest absolute Gasteiger partial charge is 0.267 e. The van der Waals surface area contributed by atoms with E-state index in [0.717, 1.165) is 0 Å². The summed E-state index contributed by atoms with van der Waals surface area (Å²) in [5.41, 5.74) is 0.693. The lowest BCUT2D eigenvalue weighted by atomic mass is 10.2. The van der Waals surface area contributed by atoms with Gasteiger partial charge in [0.1, 0.15) is 18.0 Å². The molecule has 1 saturated heterocycles. The van der Waals surface area contributed by atoms with E-state index in [0.29, 0.717) is 54.3 Å². The van der Waals surface area contributed by atoms with Gasteiger partial charge in [0, 0.05) is 26.2 Å². The summed E-state index contributed by atoms with van der Waals surface area (Å²) in [6.07, 6.45) is -0.684. The van der Waals surface area contributed by atoms with Gasteiger partial charge in [-0.1, -0.05) is 36.0 Å². The van der Waals surface area contributed by atoms with Gasteiger partial charge in [-0.3, -0.25) is 9.59 Å². The molecule has 35 heavy (non-hydrogen) atoms. The summed E-state index contributed by atoms with van der Waals surface area (Å²) in [7, 11) is 1.58. The average molecular weight is 497 g/mol. The van der Waals surface area contributed by atoms with Crippen LogP contribution in [0.25, 0.3) is 5.69 Å². The Labute approximate surface area is 205 Å². The summed E-state index contributed by atoms with van der Waals surface area (Å²) >= 11 is 1.26. The number of para-hydroxylation sites is 4. The zero-order valence-electron chi connectivity index (χ0n) is 19.1. The van der Waals surface area contributed by atoms with Crippen molar-refractivity contribution in [2.45, 2.75) is 11.3 Å². The Bertz CT molecular complexity index is 1210. The molecule has 2 aromatic carbocycles. The lowest BCUT2D eigenvalue weighted by Crippen LogP contribution is -2.55. The number of thioether (sulfide) groups is 1. The van der Waals surface area contributed by atoms with Gasteiger partial charge in [0.25, 0.3) is 5.91 Å². The van der Waals surface area contributed by atoms with Crippen molar-refractivity contribution in [2.24, 2.45) is 0 Å². The van der Waals surface area contributed by atoms with Crippen LogP contribution in [0.5, 0.6) is 17.2 Å². The van der Waals surface area contributed by atoms with E-state index in [2.05, 4.69) is 15.5 Å². The van der Waals surface area contributed by atoms with Gasteiger partial charge in [0.2, 0.25) is 17.2 Å². The Morgan fingerprint density at radius 1 is 1.03 bits per heavy atom. The molecule has 12 heteroatoms. The van der Waals surface area contributed by atoms with Crippen LogP contribution in [0.4, 0.5) is 0 Å². The number of carbonyl (C=O) groups is 2. The van der Waals surface area contributed by atoms with Gasteiger partial charge in [-0.2, -0.15) is 4.68 Å². The van der Waals surface area contributed by atoms with Crippen molar-refractivity contribution in [2.75, 3.05) is 45.6 Å². The summed E-state index contributed by atoms with van der Waals surface area (Å²) < 4.78 is 18.4. The van der Waals surface area contributed by atoms with Crippen molar-refractivity contribution in [3.05, 3.63) is 48.5 Å². The van der Waals surface area contributed by atoms with Gasteiger partial charge in [0.15, 0.2) is 11.5 Å². The average Bonchev–Trinajstić information content (AvgIpc) is 3.39. The predicted octanol–water partition coefficient (Wildman–Crippen LogP) is 1.27. The summed E-state index contributed by atoms with van der Waals surface area (Å²) in [5.74, 6) is 1.85. The van der Waals surface area contributed by atoms with E-state index in [4.69, 9.17) is 14.2 Å². The second-order valence-electron chi connectivity index (χ2n) is 7.90. The van der Waals surface area contributed by atoms with Crippen molar-refractivity contribution in [1.82, 2.24) is 30.0 Å². The van der Waals surface area contributed by atoms with Crippen LogP contribution >= 0.6 is 11.8 Å². The fraction of sp³-hybridized carbons (Fsp3) is 0.348. The third-order valence-electron chi connectivity index (χ3n) is 5.81. The van der Waals surface area contributed by atoms with Gasteiger partial charge in [-0.15, -0.1) is 5.10 Å². The van der Waals surface area contributed by atoms with E-state index in [9.17, 15) is 9.59 Å². The highest BCUT2D eigenvalue weighted by atomic mass is 32.2. The molecule has 1 aromatic heterocycles. The molecule has 0 radical (unpaired) electrons. The lowest BCUT2D eigenvalue weighted by molar-refractivity contribution is -0.145. The lowest BCUT2D eigenvalue weighted by Gasteiger charge is -2.37. The molecule has 0 unspecified atom stereocenters. The summed E-state index contributed by atoms with van der Waals surface area (Å²) in [4.78, 5) is 29.2. The zero-order valence-corrected chi connectivity index (χ0v) is 19.9. The standard InChI is InChI=1S/C23H24N6O5S/c1-32-17-7-3-2-6-16(17)29-23(24-25-26-29)35-15-21(30)27-10-12-28(13-11-27)22(31)20-14-33-18-8-4-5-9-19(18)34-20/h2-9,20H,10-15H2,1H3/t20-/m1/s1. The number of tetrazole rings is 1. The first kappa shape index (κ1) is 23.0. The highest BCUT2D eigenvalue weighted by Crippen LogP contribution is 2.31. The van der Waals surface area contributed by atoms with E-state index in [1.54, 1.807) is 27.7 Å². The van der Waals surface area contributed by atoms with Crippen molar-refractivity contribution >= 4 is 23.6 Å². The summed E-state index contributed by atoms with van der Waals surface area (Å²) in [6.45, 7) is 1.96. The highest BCUT2D eigenvalue weighted by Gasteiger charge is 2.33. The van der Waals surface area contributed by atoms with E-state index in [1.807, 2.05) is 42.5 Å². The SMILES string of the molecule is COc1ccccc1-n1nnnc1SCC(=O)N1CCN(C(=O)[C@H]2COc3ccccc3O2)CC1. The minimum atomic E-state index is -0.684. The first-order chi connectivity index (χ1) is 17.1. The maximum atomic E-state index is 12.9. The maximum Gasteiger partial charge on any atom is 0.267 e. The molecular weight excluding hydrogens is 472 g/mol. The molecule has 0 bridgehead atoms. The molecule has 1 atom stereocenters. The molecule has 0 saturated carbocycles. The zero-order chi connectivity index (χ0) is 24.2. The number of methoxy groups -OCH3 is 1. The minimum Gasteiger partial charge on any atom is -0.494 e. The molecule has 5 rings (SSSR count). The number of ether oxygens (including phenoxy) is 3. The molecule has 0 N–H and O–H groups in total. The largest absolute Gasteiger partial charge is 0.494 e. The minimum absolute atomic E-state index is 0.0390. The molecule has 0 aliphatic carbocycles. The van der Waals surface area contributed by atoms with Crippen molar-refractivity contribution in [3.8, 4) is 22.9 Å². The van der Waals surface area contributed by atoms with Gasteiger partial charge in [0.05, 0.1) is 12.9 Å². The van der Waals surface area contributed by atoms with E-state index < -0.39 is 6.10 Å². The quantitative estimate of drug-likeness (QED) is 0.466. The number of amides is 2. The van der Waals surface area contributed by atoms with Gasteiger partial charge in [-0.05, 0) is 34.7 Å². The monoisotopic (exact) mass is 496 g/mol. The number of rotatable bonds is 6. The molecular formula is C23H24N6O5S. The molecule has 1 fully saturated rings. The molecule has 0 spiro atoms. The molecule has 182 valence electrons.